The molecule has 1 saturated carbocycles. The quantitative estimate of drug-likeness (QED) is 0.885. The molecule has 24 heavy (non-hydrogen) atoms. The highest BCUT2D eigenvalue weighted by Gasteiger charge is 2.22. The second kappa shape index (κ2) is 7.79. The Kier molecular flexibility index (Phi) is 5.51. The van der Waals surface area contributed by atoms with Crippen LogP contribution in [0.3, 0.4) is 0 Å². The molecule has 1 aromatic heterocycles. The van der Waals surface area contributed by atoms with E-state index < -0.39 is 0 Å². The predicted molar refractivity (Wildman–Crippen MR) is 97.3 cm³/mol. The van der Waals surface area contributed by atoms with Gasteiger partial charge in [-0.25, -0.2) is 4.98 Å². The first kappa shape index (κ1) is 17.0. The summed E-state index contributed by atoms with van der Waals surface area (Å²) in [4.78, 5) is 16.5. The van der Waals surface area contributed by atoms with Gasteiger partial charge >= 0.3 is 0 Å². The molecule has 0 saturated heterocycles. The van der Waals surface area contributed by atoms with E-state index in [1.54, 1.807) is 11.3 Å². The first-order valence-corrected chi connectivity index (χ1v) is 9.44. The lowest BCUT2D eigenvalue weighted by atomic mass is 9.86. The van der Waals surface area contributed by atoms with Crippen molar-refractivity contribution in [3.63, 3.8) is 0 Å². The lowest BCUT2D eigenvalue weighted by molar-refractivity contribution is -0.124. The van der Waals surface area contributed by atoms with Gasteiger partial charge in [0.2, 0.25) is 0 Å². The second-order valence-corrected chi connectivity index (χ2v) is 7.40. The smallest absolute Gasteiger partial charge is 0.258 e. The molecule has 1 amide bonds. The zero-order valence-corrected chi connectivity index (χ0v) is 15.1. The molecule has 1 N–H and O–H groups in total. The molecule has 3 rings (SSSR count). The van der Waals surface area contributed by atoms with Gasteiger partial charge in [-0.3, -0.25) is 4.79 Å². The highest BCUT2D eigenvalue weighted by molar-refractivity contribution is 7.13. The van der Waals surface area contributed by atoms with Crippen molar-refractivity contribution in [2.24, 2.45) is 5.92 Å². The molecule has 1 aromatic carbocycles. The Labute approximate surface area is 147 Å². The zero-order chi connectivity index (χ0) is 16.9. The number of hydrogen-bond acceptors (Lipinski definition) is 4. The average Bonchev–Trinajstić information content (AvgIpc) is 3.02. The van der Waals surface area contributed by atoms with E-state index in [1.807, 2.05) is 36.6 Å². The van der Waals surface area contributed by atoms with Crippen molar-refractivity contribution in [2.45, 2.75) is 45.6 Å². The molecule has 2 atom stereocenters. The van der Waals surface area contributed by atoms with E-state index in [0.29, 0.717) is 17.7 Å². The molecule has 0 bridgehead atoms. The van der Waals surface area contributed by atoms with Crippen molar-refractivity contribution in [1.82, 2.24) is 10.3 Å². The van der Waals surface area contributed by atoms with Gasteiger partial charge in [0.05, 0.1) is 0 Å². The topological polar surface area (TPSA) is 51.2 Å². The summed E-state index contributed by atoms with van der Waals surface area (Å²) in [7, 11) is 0. The van der Waals surface area contributed by atoms with Crippen LogP contribution in [0.1, 0.15) is 38.3 Å². The predicted octanol–water partition coefficient (Wildman–Crippen LogP) is 4.19. The third-order valence-electron chi connectivity index (χ3n) is 4.55. The Bertz CT molecular complexity index is 681. The molecule has 1 aliphatic rings. The summed E-state index contributed by atoms with van der Waals surface area (Å²) in [5, 5.41) is 6.15. The van der Waals surface area contributed by atoms with Crippen molar-refractivity contribution in [3.8, 4) is 16.3 Å². The number of amides is 1. The normalized spacial score (nSPS) is 20.6. The number of hydrogen-bond donors (Lipinski definition) is 1. The fraction of sp³-hybridized carbons (Fsp3) is 0.474. The highest BCUT2D eigenvalue weighted by atomic mass is 32.1. The lowest BCUT2D eigenvalue weighted by Gasteiger charge is -2.29. The lowest BCUT2D eigenvalue weighted by Crippen LogP contribution is -2.43. The van der Waals surface area contributed by atoms with Crippen LogP contribution < -0.4 is 10.1 Å². The van der Waals surface area contributed by atoms with Crippen molar-refractivity contribution < 1.29 is 9.53 Å². The van der Waals surface area contributed by atoms with Crippen LogP contribution in [-0.4, -0.2) is 23.5 Å². The Morgan fingerprint density at radius 1 is 1.29 bits per heavy atom. The molecular formula is C19H24N2O2S. The zero-order valence-electron chi connectivity index (χ0n) is 14.2. The highest BCUT2D eigenvalue weighted by Crippen LogP contribution is 2.26. The third kappa shape index (κ3) is 4.35. The first-order chi connectivity index (χ1) is 11.6. The van der Waals surface area contributed by atoms with E-state index in [1.165, 1.54) is 19.3 Å². The number of benzene rings is 1. The molecule has 1 fully saturated rings. The number of thiazole rings is 1. The summed E-state index contributed by atoms with van der Waals surface area (Å²) in [6.07, 6.45) is 4.75. The number of aromatic nitrogens is 1. The minimum absolute atomic E-state index is 0.0339. The van der Waals surface area contributed by atoms with Crippen LogP contribution in [-0.2, 0) is 4.79 Å². The molecule has 4 nitrogen and oxygen atoms in total. The van der Waals surface area contributed by atoms with Crippen LogP contribution in [0.15, 0.2) is 29.6 Å². The minimum Gasteiger partial charge on any atom is -0.484 e. The average molecular weight is 344 g/mol. The number of ether oxygens (including phenoxy) is 1. The largest absolute Gasteiger partial charge is 0.484 e. The van der Waals surface area contributed by atoms with E-state index in [9.17, 15) is 4.79 Å². The molecular weight excluding hydrogens is 320 g/mol. The summed E-state index contributed by atoms with van der Waals surface area (Å²) in [5.41, 5.74) is 2.10. The molecule has 0 spiro atoms. The molecule has 128 valence electrons. The van der Waals surface area contributed by atoms with Crippen molar-refractivity contribution >= 4 is 17.2 Å². The second-order valence-electron chi connectivity index (χ2n) is 6.54. The van der Waals surface area contributed by atoms with Crippen molar-refractivity contribution in [2.75, 3.05) is 6.61 Å². The van der Waals surface area contributed by atoms with Gasteiger partial charge in [-0.15, -0.1) is 11.3 Å². The first-order valence-electron chi connectivity index (χ1n) is 8.56. The SMILES string of the molecule is Cc1csc(-c2ccc(OCC(=O)N[C@@H]3CCCC[C@@H]3C)cc2)n1. The Morgan fingerprint density at radius 2 is 2.04 bits per heavy atom. The summed E-state index contributed by atoms with van der Waals surface area (Å²) in [6, 6.07) is 8.04. The fourth-order valence-corrected chi connectivity index (χ4v) is 3.91. The standard InChI is InChI=1S/C19H24N2O2S/c1-13-5-3-4-6-17(13)21-18(22)11-23-16-9-7-15(8-10-16)19-20-14(2)12-24-19/h7-10,12-13,17H,3-6,11H2,1-2H3,(H,21,22)/t13-,17+/m0/s1. The van der Waals surface area contributed by atoms with Crippen molar-refractivity contribution in [1.29, 1.82) is 0 Å². The number of aryl methyl sites for hydroxylation is 1. The molecule has 0 aliphatic heterocycles. The fourth-order valence-electron chi connectivity index (χ4n) is 3.11. The maximum absolute atomic E-state index is 12.1. The van der Waals surface area contributed by atoms with Gasteiger partial charge in [0, 0.05) is 22.7 Å². The molecule has 0 radical (unpaired) electrons. The Morgan fingerprint density at radius 3 is 2.71 bits per heavy atom. The van der Waals surface area contributed by atoms with Crippen LogP contribution in [0.25, 0.3) is 10.6 Å². The van der Waals surface area contributed by atoms with Gasteiger partial charge in [-0.1, -0.05) is 19.8 Å². The number of nitrogens with one attached hydrogen (secondary N) is 1. The van der Waals surface area contributed by atoms with Gasteiger partial charge in [0.1, 0.15) is 10.8 Å². The number of rotatable bonds is 5. The molecule has 2 aromatic rings. The van der Waals surface area contributed by atoms with Gasteiger partial charge < -0.3 is 10.1 Å². The maximum atomic E-state index is 12.1. The Balaban J connectivity index is 1.50. The summed E-state index contributed by atoms with van der Waals surface area (Å²) >= 11 is 1.63. The molecule has 0 unspecified atom stereocenters. The minimum atomic E-state index is -0.0339. The molecule has 5 heteroatoms. The monoisotopic (exact) mass is 344 g/mol. The van der Waals surface area contributed by atoms with Crippen LogP contribution in [0.5, 0.6) is 5.75 Å². The van der Waals surface area contributed by atoms with Gasteiger partial charge in [0.25, 0.3) is 5.91 Å². The third-order valence-corrected chi connectivity index (χ3v) is 5.56. The summed E-state index contributed by atoms with van der Waals surface area (Å²) < 4.78 is 5.61. The van der Waals surface area contributed by atoms with Gasteiger partial charge in [-0.2, -0.15) is 0 Å². The van der Waals surface area contributed by atoms with E-state index >= 15 is 0 Å². The van der Waals surface area contributed by atoms with Gasteiger partial charge in [-0.05, 0) is 49.9 Å². The van der Waals surface area contributed by atoms with Crippen LogP contribution in [0, 0.1) is 12.8 Å². The van der Waals surface area contributed by atoms with Crippen LogP contribution in [0.4, 0.5) is 0 Å². The molecule has 1 aliphatic carbocycles. The summed E-state index contributed by atoms with van der Waals surface area (Å²) in [6.45, 7) is 4.27. The molecule has 1 heterocycles. The van der Waals surface area contributed by atoms with E-state index in [0.717, 1.165) is 22.7 Å². The Hall–Kier alpha value is -1.88. The van der Waals surface area contributed by atoms with E-state index in [-0.39, 0.29) is 12.5 Å². The van der Waals surface area contributed by atoms with E-state index in [2.05, 4.69) is 17.2 Å². The van der Waals surface area contributed by atoms with Gasteiger partial charge in [0.15, 0.2) is 6.61 Å². The van der Waals surface area contributed by atoms with Crippen LogP contribution >= 0.6 is 11.3 Å². The maximum Gasteiger partial charge on any atom is 0.258 e. The van der Waals surface area contributed by atoms with Crippen molar-refractivity contribution in [3.05, 3.63) is 35.3 Å². The number of carbonyl (C=O) groups excluding carboxylic acids is 1. The van der Waals surface area contributed by atoms with E-state index in [4.69, 9.17) is 4.74 Å². The number of carbonyl (C=O) groups is 1. The summed E-state index contributed by atoms with van der Waals surface area (Å²) in [5.74, 6) is 1.23. The van der Waals surface area contributed by atoms with Crippen LogP contribution in [0.2, 0.25) is 0 Å². The number of nitrogens with zero attached hydrogens (tertiary/aromatic N) is 1.